The zero-order valence-corrected chi connectivity index (χ0v) is 10.7. The molecular formula is C11H12N2O4S. The van der Waals surface area contributed by atoms with E-state index in [1.165, 1.54) is 24.9 Å². The SMILES string of the molecule is COC(=O)OC1(C)CSC(c2ncccc2O)=N1. The molecule has 0 amide bonds. The van der Waals surface area contributed by atoms with Crippen LogP contribution in [0.4, 0.5) is 4.79 Å². The summed E-state index contributed by atoms with van der Waals surface area (Å²) in [6, 6.07) is 3.16. The van der Waals surface area contributed by atoms with Gasteiger partial charge in [0.05, 0.1) is 12.9 Å². The maximum atomic E-state index is 11.1. The van der Waals surface area contributed by atoms with E-state index in [9.17, 15) is 9.90 Å². The van der Waals surface area contributed by atoms with Gasteiger partial charge in [-0.05, 0) is 19.1 Å². The predicted octanol–water partition coefficient (Wildman–Crippen LogP) is 1.78. The van der Waals surface area contributed by atoms with E-state index in [2.05, 4.69) is 14.7 Å². The Hall–Kier alpha value is -1.76. The van der Waals surface area contributed by atoms with E-state index in [-0.39, 0.29) is 5.75 Å². The fourth-order valence-corrected chi connectivity index (χ4v) is 2.52. The lowest BCUT2D eigenvalue weighted by molar-refractivity contribution is 0.00218. The quantitative estimate of drug-likeness (QED) is 0.823. The summed E-state index contributed by atoms with van der Waals surface area (Å²) in [7, 11) is 1.24. The van der Waals surface area contributed by atoms with Crippen molar-refractivity contribution >= 4 is 23.0 Å². The second kappa shape index (κ2) is 4.85. The first-order valence-corrected chi connectivity index (χ1v) is 6.16. The average molecular weight is 268 g/mol. The maximum Gasteiger partial charge on any atom is 0.510 e. The first kappa shape index (κ1) is 12.7. The number of ether oxygens (including phenoxy) is 2. The van der Waals surface area contributed by atoms with Gasteiger partial charge in [-0.2, -0.15) is 0 Å². The van der Waals surface area contributed by atoms with Gasteiger partial charge < -0.3 is 14.6 Å². The van der Waals surface area contributed by atoms with Crippen molar-refractivity contribution in [1.82, 2.24) is 4.98 Å². The average Bonchev–Trinajstić information content (AvgIpc) is 2.72. The van der Waals surface area contributed by atoms with Crippen LogP contribution in [0, 0.1) is 0 Å². The second-order valence-electron chi connectivity index (χ2n) is 3.81. The highest BCUT2D eigenvalue weighted by molar-refractivity contribution is 8.14. The van der Waals surface area contributed by atoms with Crippen LogP contribution in [0.1, 0.15) is 12.6 Å². The zero-order valence-electron chi connectivity index (χ0n) is 9.91. The molecule has 1 aromatic rings. The molecule has 18 heavy (non-hydrogen) atoms. The molecule has 0 bridgehead atoms. The van der Waals surface area contributed by atoms with E-state index in [0.717, 1.165) is 0 Å². The van der Waals surface area contributed by atoms with Gasteiger partial charge >= 0.3 is 6.16 Å². The standard InChI is InChI=1S/C11H12N2O4S/c1-11(17-10(15)16-2)6-18-9(13-11)8-7(14)4-3-5-12-8/h3-5,14H,6H2,1-2H3. The van der Waals surface area contributed by atoms with Gasteiger partial charge in [0.2, 0.25) is 5.72 Å². The summed E-state index contributed by atoms with van der Waals surface area (Å²) in [6.45, 7) is 1.67. The minimum absolute atomic E-state index is 0.0473. The minimum atomic E-state index is -0.989. The molecule has 1 unspecified atom stereocenters. The lowest BCUT2D eigenvalue weighted by Gasteiger charge is -2.18. The number of aliphatic imine (C=N–C) groups is 1. The number of hydrogen-bond donors (Lipinski definition) is 1. The summed E-state index contributed by atoms with van der Waals surface area (Å²) in [5.74, 6) is 0.499. The molecule has 1 N–H and O–H groups in total. The molecule has 0 aliphatic carbocycles. The predicted molar refractivity (Wildman–Crippen MR) is 66.8 cm³/mol. The van der Waals surface area contributed by atoms with Crippen LogP contribution in [0.5, 0.6) is 5.75 Å². The molecule has 1 aromatic heterocycles. The summed E-state index contributed by atoms with van der Waals surface area (Å²) in [6.07, 6.45) is 0.780. The number of carbonyl (C=O) groups excluding carboxylic acids is 1. The third kappa shape index (κ3) is 2.56. The van der Waals surface area contributed by atoms with E-state index >= 15 is 0 Å². The van der Waals surface area contributed by atoms with Crippen molar-refractivity contribution in [3.05, 3.63) is 24.0 Å². The Kier molecular flexibility index (Phi) is 3.42. The number of rotatable bonds is 2. The largest absolute Gasteiger partial charge is 0.510 e. The smallest absolute Gasteiger partial charge is 0.506 e. The van der Waals surface area contributed by atoms with Crippen molar-refractivity contribution in [3.63, 3.8) is 0 Å². The topological polar surface area (TPSA) is 81.0 Å². The van der Waals surface area contributed by atoms with E-state index in [0.29, 0.717) is 16.5 Å². The Morgan fingerprint density at radius 1 is 1.61 bits per heavy atom. The van der Waals surface area contributed by atoms with Crippen LogP contribution in [-0.4, -0.2) is 39.9 Å². The Morgan fingerprint density at radius 3 is 3.06 bits per heavy atom. The maximum absolute atomic E-state index is 11.1. The Bertz CT molecular complexity index is 506. The van der Waals surface area contributed by atoms with Crippen molar-refractivity contribution in [3.8, 4) is 5.75 Å². The highest BCUT2D eigenvalue weighted by atomic mass is 32.2. The van der Waals surface area contributed by atoms with Gasteiger partial charge in [0.1, 0.15) is 16.5 Å². The number of thioether (sulfide) groups is 1. The number of pyridine rings is 1. The molecule has 0 saturated carbocycles. The van der Waals surface area contributed by atoms with Crippen LogP contribution in [-0.2, 0) is 9.47 Å². The third-order valence-electron chi connectivity index (χ3n) is 2.27. The molecule has 1 aliphatic heterocycles. The Balaban J connectivity index is 2.23. The van der Waals surface area contributed by atoms with Crippen LogP contribution in [0.25, 0.3) is 0 Å². The van der Waals surface area contributed by atoms with Crippen LogP contribution in [0.15, 0.2) is 23.3 Å². The van der Waals surface area contributed by atoms with E-state index in [4.69, 9.17) is 4.74 Å². The van der Waals surface area contributed by atoms with Crippen molar-refractivity contribution in [2.24, 2.45) is 4.99 Å². The van der Waals surface area contributed by atoms with Gasteiger partial charge in [-0.25, -0.2) is 9.79 Å². The van der Waals surface area contributed by atoms with Crippen molar-refractivity contribution < 1.29 is 19.4 Å². The molecule has 1 atom stereocenters. The number of aromatic nitrogens is 1. The molecule has 96 valence electrons. The lowest BCUT2D eigenvalue weighted by Crippen LogP contribution is -2.29. The molecule has 0 radical (unpaired) electrons. The van der Waals surface area contributed by atoms with Crippen molar-refractivity contribution in [2.75, 3.05) is 12.9 Å². The van der Waals surface area contributed by atoms with Gasteiger partial charge in [-0.1, -0.05) is 11.8 Å². The second-order valence-corrected chi connectivity index (χ2v) is 4.77. The van der Waals surface area contributed by atoms with E-state index < -0.39 is 11.9 Å². The van der Waals surface area contributed by atoms with Gasteiger partial charge in [0.25, 0.3) is 0 Å². The number of nitrogens with zero attached hydrogens (tertiary/aromatic N) is 2. The first-order chi connectivity index (χ1) is 8.54. The Morgan fingerprint density at radius 2 is 2.39 bits per heavy atom. The molecule has 1 aliphatic rings. The zero-order chi connectivity index (χ0) is 13.2. The van der Waals surface area contributed by atoms with Gasteiger partial charge in [-0.3, -0.25) is 4.98 Å². The number of carbonyl (C=O) groups is 1. The first-order valence-electron chi connectivity index (χ1n) is 5.18. The van der Waals surface area contributed by atoms with E-state index in [1.54, 1.807) is 19.2 Å². The highest BCUT2D eigenvalue weighted by Gasteiger charge is 2.36. The van der Waals surface area contributed by atoms with Crippen molar-refractivity contribution in [2.45, 2.75) is 12.6 Å². The van der Waals surface area contributed by atoms with Gasteiger partial charge in [0.15, 0.2) is 0 Å². The molecule has 7 heteroatoms. The molecule has 2 rings (SSSR count). The van der Waals surface area contributed by atoms with Crippen LogP contribution < -0.4 is 0 Å². The fourth-order valence-electron chi connectivity index (χ4n) is 1.44. The Labute approximate surface area is 108 Å². The number of hydrogen-bond acceptors (Lipinski definition) is 7. The van der Waals surface area contributed by atoms with Crippen molar-refractivity contribution in [1.29, 1.82) is 0 Å². The summed E-state index contributed by atoms with van der Waals surface area (Å²) >= 11 is 1.36. The number of methoxy groups -OCH3 is 1. The third-order valence-corrected chi connectivity index (χ3v) is 3.51. The summed E-state index contributed by atoms with van der Waals surface area (Å²) in [5, 5.41) is 10.2. The molecular weight excluding hydrogens is 256 g/mol. The van der Waals surface area contributed by atoms with Gasteiger partial charge in [0, 0.05) is 6.20 Å². The fraction of sp³-hybridized carbons (Fsp3) is 0.364. The monoisotopic (exact) mass is 268 g/mol. The normalized spacial score (nSPS) is 22.4. The summed E-state index contributed by atoms with van der Waals surface area (Å²) < 4.78 is 9.50. The molecule has 2 heterocycles. The molecule has 0 saturated heterocycles. The summed E-state index contributed by atoms with van der Waals surface area (Å²) in [5.41, 5.74) is -0.600. The lowest BCUT2D eigenvalue weighted by atomic mass is 10.3. The molecule has 6 nitrogen and oxygen atoms in total. The highest BCUT2D eigenvalue weighted by Crippen LogP contribution is 2.33. The van der Waals surface area contributed by atoms with Crippen LogP contribution in [0.3, 0.4) is 0 Å². The molecule has 0 fully saturated rings. The molecule has 0 spiro atoms. The van der Waals surface area contributed by atoms with E-state index in [1.807, 2.05) is 0 Å². The van der Waals surface area contributed by atoms with Crippen LogP contribution >= 0.6 is 11.8 Å². The number of aromatic hydroxyl groups is 1. The minimum Gasteiger partial charge on any atom is -0.506 e. The van der Waals surface area contributed by atoms with Crippen LogP contribution in [0.2, 0.25) is 0 Å². The van der Waals surface area contributed by atoms with Gasteiger partial charge in [-0.15, -0.1) is 0 Å². The molecule has 0 aromatic carbocycles. The summed E-state index contributed by atoms with van der Waals surface area (Å²) in [4.78, 5) is 19.4.